The molecule has 3 rings (SSSR count). The van der Waals surface area contributed by atoms with Gasteiger partial charge in [0.05, 0.1) is 5.69 Å². The van der Waals surface area contributed by atoms with Crippen molar-refractivity contribution < 1.29 is 4.42 Å². The van der Waals surface area contributed by atoms with Gasteiger partial charge in [0.2, 0.25) is 5.89 Å². The third-order valence-corrected chi connectivity index (χ3v) is 4.63. The Morgan fingerprint density at radius 2 is 2.00 bits per heavy atom. The molecule has 6 heteroatoms. The molecule has 0 aliphatic rings. The smallest absolute Gasteiger partial charge is 0.251 e. The van der Waals surface area contributed by atoms with E-state index in [1.54, 1.807) is 0 Å². The number of oxazole rings is 1. The molecule has 124 valence electrons. The molecule has 0 aliphatic heterocycles. The molecule has 0 saturated carbocycles. The maximum Gasteiger partial charge on any atom is 0.251 e. The lowest BCUT2D eigenvalue weighted by Gasteiger charge is -2.01. The summed E-state index contributed by atoms with van der Waals surface area (Å²) in [4.78, 5) is 23.4. The Morgan fingerprint density at radius 1 is 1.21 bits per heavy atom. The molecular weight excluding hydrogens is 322 g/mol. The van der Waals surface area contributed by atoms with Gasteiger partial charge >= 0.3 is 0 Å². The third-order valence-electron chi connectivity index (χ3n) is 3.75. The van der Waals surface area contributed by atoms with Gasteiger partial charge in [-0.3, -0.25) is 4.79 Å². The lowest BCUT2D eigenvalue weighted by atomic mass is 10.1. The second-order valence-corrected chi connectivity index (χ2v) is 6.48. The van der Waals surface area contributed by atoms with Gasteiger partial charge in [0.25, 0.3) is 5.56 Å². The van der Waals surface area contributed by atoms with Crippen LogP contribution in [-0.4, -0.2) is 15.0 Å². The highest BCUT2D eigenvalue weighted by Crippen LogP contribution is 2.27. The largest absolute Gasteiger partial charge is 0.441 e. The first-order valence-electron chi connectivity index (χ1n) is 7.82. The van der Waals surface area contributed by atoms with Crippen LogP contribution >= 0.6 is 11.8 Å². The summed E-state index contributed by atoms with van der Waals surface area (Å²) in [5, 5.41) is 0.610. The fourth-order valence-corrected chi connectivity index (χ4v) is 3.26. The zero-order chi connectivity index (χ0) is 17.1. The molecular formula is C18H19N3O2S. The summed E-state index contributed by atoms with van der Waals surface area (Å²) in [5.41, 5.74) is 3.65. The van der Waals surface area contributed by atoms with Crippen LogP contribution in [-0.2, 0) is 12.2 Å². The van der Waals surface area contributed by atoms with Crippen LogP contribution in [0.2, 0.25) is 0 Å². The molecule has 0 saturated heterocycles. The fraction of sp³-hybridized carbons (Fsp3) is 0.278. The van der Waals surface area contributed by atoms with E-state index < -0.39 is 0 Å². The molecule has 0 unspecified atom stereocenters. The summed E-state index contributed by atoms with van der Waals surface area (Å²) < 4.78 is 5.82. The van der Waals surface area contributed by atoms with Crippen molar-refractivity contribution in [3.8, 4) is 11.5 Å². The van der Waals surface area contributed by atoms with E-state index in [0.717, 1.165) is 34.7 Å². The summed E-state index contributed by atoms with van der Waals surface area (Å²) in [6.07, 6.45) is 0.734. The first kappa shape index (κ1) is 16.5. The number of nitrogens with one attached hydrogen (secondary N) is 1. The normalized spacial score (nSPS) is 11.0. The number of aromatic amines is 1. The van der Waals surface area contributed by atoms with Crippen LogP contribution < -0.4 is 5.56 Å². The minimum absolute atomic E-state index is 0.123. The van der Waals surface area contributed by atoms with E-state index in [1.165, 1.54) is 17.8 Å². The van der Waals surface area contributed by atoms with Crippen molar-refractivity contribution in [2.24, 2.45) is 0 Å². The zero-order valence-electron chi connectivity index (χ0n) is 13.9. The van der Waals surface area contributed by atoms with Crippen molar-refractivity contribution >= 4 is 11.8 Å². The van der Waals surface area contributed by atoms with Gasteiger partial charge in [-0.2, -0.15) is 0 Å². The lowest BCUT2D eigenvalue weighted by molar-refractivity contribution is 0.540. The van der Waals surface area contributed by atoms with Crippen molar-refractivity contribution in [2.45, 2.75) is 38.1 Å². The Hall–Kier alpha value is -2.34. The second kappa shape index (κ2) is 7.05. The molecule has 0 atom stereocenters. The number of nitrogens with zero attached hydrogens (tertiary/aromatic N) is 2. The van der Waals surface area contributed by atoms with Crippen LogP contribution in [0.3, 0.4) is 0 Å². The highest BCUT2D eigenvalue weighted by molar-refractivity contribution is 7.98. The van der Waals surface area contributed by atoms with Crippen LogP contribution in [0.5, 0.6) is 0 Å². The average Bonchev–Trinajstić information content (AvgIpc) is 2.93. The lowest BCUT2D eigenvalue weighted by Crippen LogP contribution is -2.09. The Kier molecular flexibility index (Phi) is 4.85. The van der Waals surface area contributed by atoms with Crippen molar-refractivity contribution in [3.63, 3.8) is 0 Å². The summed E-state index contributed by atoms with van der Waals surface area (Å²) in [6, 6.07) is 9.53. The minimum Gasteiger partial charge on any atom is -0.441 e. The van der Waals surface area contributed by atoms with Gasteiger partial charge in [-0.1, -0.05) is 36.9 Å². The van der Waals surface area contributed by atoms with Crippen molar-refractivity contribution in [1.29, 1.82) is 0 Å². The molecule has 3 aromatic rings. The molecule has 0 aliphatic carbocycles. The first-order valence-corrected chi connectivity index (χ1v) is 8.80. The van der Waals surface area contributed by atoms with Gasteiger partial charge in [0, 0.05) is 23.1 Å². The highest BCUT2D eigenvalue weighted by Gasteiger charge is 2.13. The van der Waals surface area contributed by atoms with E-state index in [2.05, 4.69) is 15.0 Å². The summed E-state index contributed by atoms with van der Waals surface area (Å²) >= 11 is 1.45. The quantitative estimate of drug-likeness (QED) is 0.563. The van der Waals surface area contributed by atoms with Crippen LogP contribution in [0.4, 0.5) is 0 Å². The van der Waals surface area contributed by atoms with Crippen LogP contribution in [0, 0.1) is 13.8 Å². The molecule has 0 spiro atoms. The molecule has 0 fully saturated rings. The number of thioether (sulfide) groups is 1. The van der Waals surface area contributed by atoms with E-state index in [0.29, 0.717) is 16.8 Å². The summed E-state index contributed by atoms with van der Waals surface area (Å²) in [5.74, 6) is 2.01. The predicted molar refractivity (Wildman–Crippen MR) is 95.2 cm³/mol. The van der Waals surface area contributed by atoms with E-state index in [-0.39, 0.29) is 5.56 Å². The maximum absolute atomic E-state index is 11.6. The predicted octanol–water partition coefficient (Wildman–Crippen LogP) is 3.90. The number of rotatable bonds is 5. The number of hydrogen-bond acceptors (Lipinski definition) is 5. The van der Waals surface area contributed by atoms with E-state index in [4.69, 9.17) is 4.42 Å². The topological polar surface area (TPSA) is 71.8 Å². The van der Waals surface area contributed by atoms with Gasteiger partial charge in [0.15, 0.2) is 5.16 Å². The number of hydrogen-bond donors (Lipinski definition) is 1. The average molecular weight is 341 g/mol. The Bertz CT molecular complexity index is 915. The van der Waals surface area contributed by atoms with E-state index in [9.17, 15) is 4.79 Å². The standard InChI is InChI=1S/C18H19N3O2S/c1-4-13-9-16(22)21-18(19-13)24-10-15-12(3)23-17(20-15)14-8-6-5-7-11(14)2/h5-9H,4,10H2,1-3H3,(H,19,21,22). The van der Waals surface area contributed by atoms with Crippen molar-refractivity contribution in [1.82, 2.24) is 15.0 Å². The van der Waals surface area contributed by atoms with E-state index in [1.807, 2.05) is 45.0 Å². The fourth-order valence-electron chi connectivity index (χ4n) is 2.36. The van der Waals surface area contributed by atoms with Gasteiger partial charge in [-0.25, -0.2) is 9.97 Å². The monoisotopic (exact) mass is 341 g/mol. The Labute approximate surface area is 144 Å². The molecule has 0 bridgehead atoms. The SMILES string of the molecule is CCc1cc(=O)[nH]c(SCc2nc(-c3ccccc3C)oc2C)n1. The van der Waals surface area contributed by atoms with Gasteiger partial charge in [-0.15, -0.1) is 0 Å². The number of benzene rings is 1. The molecule has 5 nitrogen and oxygen atoms in total. The van der Waals surface area contributed by atoms with Crippen molar-refractivity contribution in [2.75, 3.05) is 0 Å². The van der Waals surface area contributed by atoms with Crippen LogP contribution in [0.25, 0.3) is 11.5 Å². The van der Waals surface area contributed by atoms with Gasteiger partial charge < -0.3 is 9.40 Å². The van der Waals surface area contributed by atoms with Gasteiger partial charge in [-0.05, 0) is 31.9 Å². The van der Waals surface area contributed by atoms with Crippen LogP contribution in [0.1, 0.15) is 29.6 Å². The molecule has 0 amide bonds. The Balaban J connectivity index is 1.81. The summed E-state index contributed by atoms with van der Waals surface area (Å²) in [6.45, 7) is 5.92. The van der Waals surface area contributed by atoms with E-state index >= 15 is 0 Å². The highest BCUT2D eigenvalue weighted by atomic mass is 32.2. The molecule has 24 heavy (non-hydrogen) atoms. The molecule has 0 radical (unpaired) electrons. The molecule has 2 heterocycles. The molecule has 1 N–H and O–H groups in total. The zero-order valence-corrected chi connectivity index (χ0v) is 14.7. The van der Waals surface area contributed by atoms with Gasteiger partial charge in [0.1, 0.15) is 5.76 Å². The maximum atomic E-state index is 11.6. The number of aromatic nitrogens is 3. The van der Waals surface area contributed by atoms with Crippen molar-refractivity contribution in [3.05, 3.63) is 63.4 Å². The number of H-pyrrole nitrogens is 1. The molecule has 2 aromatic heterocycles. The molecule has 1 aromatic carbocycles. The minimum atomic E-state index is -0.123. The third kappa shape index (κ3) is 3.59. The van der Waals surface area contributed by atoms with Crippen LogP contribution in [0.15, 0.2) is 44.7 Å². The Morgan fingerprint density at radius 3 is 2.75 bits per heavy atom. The second-order valence-electron chi connectivity index (χ2n) is 5.52. The number of aryl methyl sites for hydroxylation is 3. The first-order chi connectivity index (χ1) is 11.6. The summed E-state index contributed by atoms with van der Waals surface area (Å²) in [7, 11) is 0.